The standard InChI is InChI=1S/C22H29N3O2/c1-8-16-12-17(27-7)10-14(5)19(16)21-23-25-15(6)11-18(13(3)4)20(25)22(26)24(21)9-2/h10-13H,8-9H2,1-7H3. The van der Waals surface area contributed by atoms with E-state index in [2.05, 4.69) is 33.8 Å². The molecule has 3 aromatic rings. The van der Waals surface area contributed by atoms with Gasteiger partial charge in [-0.2, -0.15) is 0 Å². The van der Waals surface area contributed by atoms with Crippen LogP contribution in [0.2, 0.25) is 0 Å². The van der Waals surface area contributed by atoms with Gasteiger partial charge in [-0.3, -0.25) is 9.36 Å². The molecule has 0 atom stereocenters. The van der Waals surface area contributed by atoms with Crippen LogP contribution < -0.4 is 10.3 Å². The first-order valence-electron chi connectivity index (χ1n) is 9.64. The second-order valence-electron chi connectivity index (χ2n) is 7.36. The fourth-order valence-electron chi connectivity index (χ4n) is 3.83. The lowest BCUT2D eigenvalue weighted by Gasteiger charge is -2.18. The fraction of sp³-hybridized carbons (Fsp3) is 0.455. The van der Waals surface area contributed by atoms with Gasteiger partial charge in [-0.05, 0) is 68.0 Å². The van der Waals surface area contributed by atoms with Crippen molar-refractivity contribution in [1.29, 1.82) is 0 Å². The van der Waals surface area contributed by atoms with Crippen molar-refractivity contribution in [2.24, 2.45) is 0 Å². The number of nitrogens with zero attached hydrogens (tertiary/aromatic N) is 3. The predicted octanol–water partition coefficient (Wildman–Crippen LogP) is 4.49. The van der Waals surface area contributed by atoms with E-state index in [-0.39, 0.29) is 11.5 Å². The summed E-state index contributed by atoms with van der Waals surface area (Å²) in [6.07, 6.45) is 0.840. The molecule has 0 unspecified atom stereocenters. The van der Waals surface area contributed by atoms with Gasteiger partial charge in [0.1, 0.15) is 11.3 Å². The van der Waals surface area contributed by atoms with Gasteiger partial charge in [0, 0.05) is 17.8 Å². The second-order valence-corrected chi connectivity index (χ2v) is 7.36. The summed E-state index contributed by atoms with van der Waals surface area (Å²) in [6, 6.07) is 6.13. The van der Waals surface area contributed by atoms with Crippen molar-refractivity contribution in [2.45, 2.75) is 60.4 Å². The molecule has 0 saturated carbocycles. The molecule has 0 bridgehead atoms. The molecule has 0 fully saturated rings. The van der Waals surface area contributed by atoms with E-state index in [1.54, 1.807) is 11.7 Å². The first-order chi connectivity index (χ1) is 12.8. The third kappa shape index (κ3) is 3.05. The minimum Gasteiger partial charge on any atom is -0.497 e. The molecular formula is C22H29N3O2. The molecule has 0 saturated heterocycles. The number of aryl methyl sites for hydroxylation is 3. The van der Waals surface area contributed by atoms with Crippen LogP contribution in [0.25, 0.3) is 16.9 Å². The average Bonchev–Trinajstić information content (AvgIpc) is 2.98. The van der Waals surface area contributed by atoms with Crippen LogP contribution in [0, 0.1) is 13.8 Å². The Labute approximate surface area is 160 Å². The smallest absolute Gasteiger partial charge is 0.278 e. The van der Waals surface area contributed by atoms with Crippen molar-refractivity contribution in [3.63, 3.8) is 0 Å². The van der Waals surface area contributed by atoms with Gasteiger partial charge in [0.05, 0.1) is 7.11 Å². The Balaban J connectivity index is 2.44. The Kier molecular flexibility index (Phi) is 5.13. The largest absolute Gasteiger partial charge is 0.497 e. The van der Waals surface area contributed by atoms with E-state index in [0.29, 0.717) is 12.1 Å². The number of benzene rings is 1. The Morgan fingerprint density at radius 2 is 1.85 bits per heavy atom. The molecule has 27 heavy (non-hydrogen) atoms. The van der Waals surface area contributed by atoms with Crippen LogP contribution in [0.3, 0.4) is 0 Å². The molecule has 3 rings (SSSR count). The van der Waals surface area contributed by atoms with Crippen LogP contribution >= 0.6 is 0 Å². The summed E-state index contributed by atoms with van der Waals surface area (Å²) >= 11 is 0. The van der Waals surface area contributed by atoms with E-state index < -0.39 is 0 Å². The molecule has 5 heteroatoms. The van der Waals surface area contributed by atoms with Gasteiger partial charge in [-0.25, -0.2) is 4.52 Å². The Morgan fingerprint density at radius 1 is 1.15 bits per heavy atom. The van der Waals surface area contributed by atoms with Gasteiger partial charge in [0.25, 0.3) is 5.56 Å². The molecule has 0 N–H and O–H groups in total. The van der Waals surface area contributed by atoms with Crippen molar-refractivity contribution >= 4 is 5.52 Å². The van der Waals surface area contributed by atoms with Crippen molar-refractivity contribution in [3.8, 4) is 17.1 Å². The third-order valence-corrected chi connectivity index (χ3v) is 5.25. The average molecular weight is 367 g/mol. The van der Waals surface area contributed by atoms with E-state index >= 15 is 0 Å². The van der Waals surface area contributed by atoms with Gasteiger partial charge < -0.3 is 4.74 Å². The molecule has 2 aromatic heterocycles. The highest BCUT2D eigenvalue weighted by Gasteiger charge is 2.21. The van der Waals surface area contributed by atoms with Gasteiger partial charge in [0.2, 0.25) is 0 Å². The summed E-state index contributed by atoms with van der Waals surface area (Å²) in [4.78, 5) is 13.4. The lowest BCUT2D eigenvalue weighted by Crippen LogP contribution is -2.26. The molecular weight excluding hydrogens is 338 g/mol. The lowest BCUT2D eigenvalue weighted by atomic mass is 9.98. The summed E-state index contributed by atoms with van der Waals surface area (Å²) in [7, 11) is 1.68. The molecule has 0 aliphatic carbocycles. The number of rotatable bonds is 5. The zero-order valence-electron chi connectivity index (χ0n) is 17.4. The van der Waals surface area contributed by atoms with Crippen LogP contribution in [-0.2, 0) is 13.0 Å². The topological polar surface area (TPSA) is 48.5 Å². The van der Waals surface area contributed by atoms with Crippen LogP contribution in [0.15, 0.2) is 23.0 Å². The maximum atomic E-state index is 13.4. The molecule has 0 spiro atoms. The third-order valence-electron chi connectivity index (χ3n) is 5.25. The molecule has 0 aliphatic rings. The predicted molar refractivity (Wildman–Crippen MR) is 110 cm³/mol. The number of ether oxygens (including phenoxy) is 1. The molecule has 0 amide bonds. The second kappa shape index (κ2) is 7.22. The summed E-state index contributed by atoms with van der Waals surface area (Å²) in [5, 5.41) is 4.94. The van der Waals surface area contributed by atoms with Crippen molar-refractivity contribution in [2.75, 3.05) is 7.11 Å². The molecule has 0 aliphatic heterocycles. The Hall–Kier alpha value is -2.56. The Morgan fingerprint density at radius 3 is 2.41 bits per heavy atom. The van der Waals surface area contributed by atoms with E-state index in [1.807, 2.05) is 30.5 Å². The fourth-order valence-corrected chi connectivity index (χ4v) is 3.83. The first kappa shape index (κ1) is 19.2. The van der Waals surface area contributed by atoms with Gasteiger partial charge >= 0.3 is 0 Å². The van der Waals surface area contributed by atoms with Crippen LogP contribution in [-0.4, -0.2) is 21.3 Å². The highest BCUT2D eigenvalue weighted by molar-refractivity contribution is 5.68. The molecule has 5 nitrogen and oxygen atoms in total. The zero-order chi connectivity index (χ0) is 19.9. The molecule has 144 valence electrons. The van der Waals surface area contributed by atoms with Crippen molar-refractivity contribution in [1.82, 2.24) is 14.2 Å². The minimum atomic E-state index is 0.0246. The lowest BCUT2D eigenvalue weighted by molar-refractivity contribution is 0.414. The van der Waals surface area contributed by atoms with Crippen molar-refractivity contribution in [3.05, 3.63) is 50.9 Å². The number of aromatic nitrogens is 3. The van der Waals surface area contributed by atoms with E-state index in [4.69, 9.17) is 9.84 Å². The number of methoxy groups -OCH3 is 1. The van der Waals surface area contributed by atoms with Gasteiger partial charge in [-0.15, -0.1) is 5.10 Å². The van der Waals surface area contributed by atoms with Crippen LogP contribution in [0.4, 0.5) is 0 Å². The maximum Gasteiger partial charge on any atom is 0.278 e. The van der Waals surface area contributed by atoms with Gasteiger partial charge in [0.15, 0.2) is 5.82 Å². The monoisotopic (exact) mass is 367 g/mol. The summed E-state index contributed by atoms with van der Waals surface area (Å²) in [6.45, 7) is 13.0. The number of fused-ring (bicyclic) bond motifs is 1. The molecule has 1 aromatic carbocycles. The SMILES string of the molecule is CCc1cc(OC)cc(C)c1-c1nn2c(C)cc(C(C)C)c2c(=O)n1CC. The maximum absolute atomic E-state index is 13.4. The quantitative estimate of drug-likeness (QED) is 0.667. The van der Waals surface area contributed by atoms with Gasteiger partial charge in [-0.1, -0.05) is 20.8 Å². The number of hydrogen-bond donors (Lipinski definition) is 0. The van der Waals surface area contributed by atoms with E-state index in [0.717, 1.165) is 45.9 Å². The summed E-state index contributed by atoms with van der Waals surface area (Å²) in [5.74, 6) is 1.83. The van der Waals surface area contributed by atoms with Crippen molar-refractivity contribution < 1.29 is 4.74 Å². The summed E-state index contributed by atoms with van der Waals surface area (Å²) in [5.41, 5.74) is 5.98. The normalized spacial score (nSPS) is 11.6. The number of hydrogen-bond acceptors (Lipinski definition) is 3. The molecule has 0 radical (unpaired) electrons. The summed E-state index contributed by atoms with van der Waals surface area (Å²) < 4.78 is 9.06. The van der Waals surface area contributed by atoms with E-state index in [9.17, 15) is 4.79 Å². The van der Waals surface area contributed by atoms with Crippen LogP contribution in [0.5, 0.6) is 5.75 Å². The highest BCUT2D eigenvalue weighted by Crippen LogP contribution is 2.31. The Bertz CT molecular complexity index is 1060. The zero-order valence-corrected chi connectivity index (χ0v) is 17.4. The van der Waals surface area contributed by atoms with E-state index in [1.165, 1.54) is 0 Å². The minimum absolute atomic E-state index is 0.0246. The highest BCUT2D eigenvalue weighted by atomic mass is 16.5. The van der Waals surface area contributed by atoms with Crippen LogP contribution in [0.1, 0.15) is 56.0 Å². The first-order valence-corrected chi connectivity index (χ1v) is 9.64. The molecule has 2 heterocycles.